The highest BCUT2D eigenvalue weighted by Gasteiger charge is 2.35. The zero-order chi connectivity index (χ0) is 20.9. The van der Waals surface area contributed by atoms with Crippen molar-refractivity contribution in [2.75, 3.05) is 31.9 Å². The maximum Gasteiger partial charge on any atom is 0.246 e. The maximum atomic E-state index is 13.1. The van der Waals surface area contributed by atoms with Crippen LogP contribution in [-0.2, 0) is 22.6 Å². The van der Waals surface area contributed by atoms with Crippen LogP contribution in [0.4, 0.5) is 4.39 Å². The van der Waals surface area contributed by atoms with Gasteiger partial charge in [-0.1, -0.05) is 42.5 Å². The van der Waals surface area contributed by atoms with Crippen LogP contribution in [0.2, 0.25) is 0 Å². The average molecular weight is 428 g/mol. The first-order valence-corrected chi connectivity index (χ1v) is 11.3. The van der Waals surface area contributed by atoms with Crippen LogP contribution in [0.25, 0.3) is 0 Å². The lowest BCUT2D eigenvalue weighted by Gasteiger charge is -2.38. The minimum absolute atomic E-state index is 0.00967. The summed E-state index contributed by atoms with van der Waals surface area (Å²) in [5.74, 6) is 0.182. The molecule has 2 aromatic carbocycles. The molecule has 0 bridgehead atoms. The molecule has 4 rings (SSSR count). The number of hydrogen-bond acceptors (Lipinski definition) is 4. The molecule has 158 valence electrons. The highest BCUT2D eigenvalue weighted by atomic mass is 32.2. The average Bonchev–Trinajstić information content (AvgIpc) is 2.77. The molecule has 2 aliphatic rings. The van der Waals surface area contributed by atoms with Gasteiger partial charge in [-0.05, 0) is 29.7 Å². The van der Waals surface area contributed by atoms with E-state index in [2.05, 4.69) is 22.3 Å². The van der Waals surface area contributed by atoms with Gasteiger partial charge in [-0.15, -0.1) is 11.8 Å². The second-order valence-electron chi connectivity index (χ2n) is 7.80. The number of benzene rings is 2. The smallest absolute Gasteiger partial charge is 0.246 e. The fourth-order valence-corrected chi connectivity index (χ4v) is 5.08. The molecule has 30 heavy (non-hydrogen) atoms. The van der Waals surface area contributed by atoms with Crippen LogP contribution in [-0.4, -0.2) is 64.8 Å². The zero-order valence-corrected chi connectivity index (χ0v) is 17.6. The molecule has 2 aromatic rings. The Balaban J connectivity index is 1.25. The number of nitrogens with zero attached hydrogens (tertiary/aromatic N) is 2. The summed E-state index contributed by atoms with van der Waals surface area (Å²) >= 11 is 1.51. The van der Waals surface area contributed by atoms with E-state index >= 15 is 0 Å². The first-order chi connectivity index (χ1) is 14.6. The van der Waals surface area contributed by atoms with Gasteiger partial charge in [0.25, 0.3) is 0 Å². The fourth-order valence-electron chi connectivity index (χ4n) is 3.90. The number of amides is 2. The Kier molecular flexibility index (Phi) is 6.69. The molecule has 2 amide bonds. The molecule has 0 aliphatic carbocycles. The number of hydrogen-bond donors (Lipinski definition) is 1. The standard InChI is InChI=1S/C23H26FN3O2S/c24-19-8-6-17(7-9-19)14-21-22(28)25-20(16-30-21)23(29)27-12-10-26(11-13-27)15-18-4-2-1-3-5-18/h1-9,20-21H,10-16H2,(H,25,28). The van der Waals surface area contributed by atoms with Crippen molar-refractivity contribution in [3.63, 3.8) is 0 Å². The molecule has 7 heteroatoms. The van der Waals surface area contributed by atoms with E-state index in [1.54, 1.807) is 12.1 Å². The molecule has 2 aliphatic heterocycles. The Morgan fingerprint density at radius 2 is 1.70 bits per heavy atom. The van der Waals surface area contributed by atoms with E-state index in [0.29, 0.717) is 25.3 Å². The lowest BCUT2D eigenvalue weighted by atomic mass is 10.1. The summed E-state index contributed by atoms with van der Waals surface area (Å²) in [7, 11) is 0. The summed E-state index contributed by atoms with van der Waals surface area (Å²) in [6, 6.07) is 16.1. The zero-order valence-electron chi connectivity index (χ0n) is 16.8. The van der Waals surface area contributed by atoms with Crippen molar-refractivity contribution in [2.45, 2.75) is 24.3 Å². The number of piperazine rings is 1. The number of carbonyl (C=O) groups excluding carboxylic acids is 2. The van der Waals surface area contributed by atoms with Gasteiger partial charge < -0.3 is 10.2 Å². The third-order valence-electron chi connectivity index (χ3n) is 5.64. The van der Waals surface area contributed by atoms with Gasteiger partial charge in [0.2, 0.25) is 11.8 Å². The van der Waals surface area contributed by atoms with Crippen LogP contribution in [0.15, 0.2) is 54.6 Å². The Hall–Kier alpha value is -2.38. The molecular weight excluding hydrogens is 401 g/mol. The largest absolute Gasteiger partial charge is 0.343 e. The summed E-state index contributed by atoms with van der Waals surface area (Å²) in [5.41, 5.74) is 2.20. The highest BCUT2D eigenvalue weighted by molar-refractivity contribution is 8.00. The summed E-state index contributed by atoms with van der Waals surface area (Å²) in [5, 5.41) is 2.66. The minimum atomic E-state index is -0.465. The van der Waals surface area contributed by atoms with Crippen molar-refractivity contribution in [1.29, 1.82) is 0 Å². The molecule has 0 saturated carbocycles. The molecule has 2 saturated heterocycles. The van der Waals surface area contributed by atoms with E-state index in [4.69, 9.17) is 0 Å². The first kappa shape index (κ1) is 20.9. The van der Waals surface area contributed by atoms with Crippen molar-refractivity contribution in [2.24, 2.45) is 0 Å². The van der Waals surface area contributed by atoms with Crippen LogP contribution in [0.3, 0.4) is 0 Å². The normalized spacial score (nSPS) is 22.6. The summed E-state index contributed by atoms with van der Waals surface area (Å²) in [4.78, 5) is 29.7. The fraction of sp³-hybridized carbons (Fsp3) is 0.391. The molecule has 2 heterocycles. The Labute approximate surface area is 180 Å². The van der Waals surface area contributed by atoms with E-state index in [-0.39, 0.29) is 22.9 Å². The number of halogens is 1. The van der Waals surface area contributed by atoms with E-state index in [1.807, 2.05) is 23.1 Å². The van der Waals surface area contributed by atoms with E-state index < -0.39 is 6.04 Å². The van der Waals surface area contributed by atoms with Gasteiger partial charge in [0, 0.05) is 38.5 Å². The second-order valence-corrected chi connectivity index (χ2v) is 9.04. The maximum absolute atomic E-state index is 13.1. The van der Waals surface area contributed by atoms with Crippen LogP contribution in [0.5, 0.6) is 0 Å². The third-order valence-corrected chi connectivity index (χ3v) is 6.95. The molecule has 0 aromatic heterocycles. The summed E-state index contributed by atoms with van der Waals surface area (Å²) in [6.45, 7) is 3.93. The predicted molar refractivity (Wildman–Crippen MR) is 117 cm³/mol. The quantitative estimate of drug-likeness (QED) is 0.796. The lowest BCUT2D eigenvalue weighted by Crippen LogP contribution is -2.58. The van der Waals surface area contributed by atoms with Crippen molar-refractivity contribution in [1.82, 2.24) is 15.1 Å². The SMILES string of the molecule is O=C1NC(C(=O)N2CCN(Cc3ccccc3)CC2)CSC1Cc1ccc(F)cc1. The van der Waals surface area contributed by atoms with Gasteiger partial charge in [0.15, 0.2) is 0 Å². The molecule has 5 nitrogen and oxygen atoms in total. The van der Waals surface area contributed by atoms with Crippen LogP contribution in [0.1, 0.15) is 11.1 Å². The van der Waals surface area contributed by atoms with Crippen molar-refractivity contribution in [3.8, 4) is 0 Å². The Bertz CT molecular complexity index is 870. The first-order valence-electron chi connectivity index (χ1n) is 10.3. The highest BCUT2D eigenvalue weighted by Crippen LogP contribution is 2.23. The monoisotopic (exact) mass is 427 g/mol. The Morgan fingerprint density at radius 1 is 1.00 bits per heavy atom. The topological polar surface area (TPSA) is 52.7 Å². The number of carbonyl (C=O) groups is 2. The van der Waals surface area contributed by atoms with Gasteiger partial charge in [0.1, 0.15) is 11.9 Å². The molecule has 0 radical (unpaired) electrons. The number of nitrogens with one attached hydrogen (secondary N) is 1. The molecular formula is C23H26FN3O2S. The molecule has 2 fully saturated rings. The minimum Gasteiger partial charge on any atom is -0.343 e. The van der Waals surface area contributed by atoms with E-state index in [0.717, 1.165) is 25.2 Å². The van der Waals surface area contributed by atoms with E-state index in [9.17, 15) is 14.0 Å². The van der Waals surface area contributed by atoms with E-state index in [1.165, 1.54) is 29.5 Å². The summed E-state index contributed by atoms with van der Waals surface area (Å²) in [6.07, 6.45) is 0.538. The molecule has 0 spiro atoms. The molecule has 1 N–H and O–H groups in total. The Morgan fingerprint density at radius 3 is 2.37 bits per heavy atom. The van der Waals surface area contributed by atoms with Gasteiger partial charge in [-0.25, -0.2) is 4.39 Å². The van der Waals surface area contributed by atoms with Crippen molar-refractivity contribution >= 4 is 23.6 Å². The van der Waals surface area contributed by atoms with Gasteiger partial charge >= 0.3 is 0 Å². The van der Waals surface area contributed by atoms with Crippen LogP contribution < -0.4 is 5.32 Å². The summed E-state index contributed by atoms with van der Waals surface area (Å²) < 4.78 is 13.1. The lowest BCUT2D eigenvalue weighted by molar-refractivity contribution is -0.137. The van der Waals surface area contributed by atoms with Crippen LogP contribution >= 0.6 is 11.8 Å². The van der Waals surface area contributed by atoms with Crippen molar-refractivity contribution in [3.05, 3.63) is 71.5 Å². The predicted octanol–water partition coefficient (Wildman–Crippen LogP) is 2.31. The van der Waals surface area contributed by atoms with Crippen LogP contribution in [0, 0.1) is 5.82 Å². The van der Waals surface area contributed by atoms with Gasteiger partial charge in [-0.2, -0.15) is 0 Å². The van der Waals surface area contributed by atoms with Crippen molar-refractivity contribution < 1.29 is 14.0 Å². The van der Waals surface area contributed by atoms with Gasteiger partial charge in [0.05, 0.1) is 5.25 Å². The molecule has 2 atom stereocenters. The second kappa shape index (κ2) is 9.62. The number of rotatable bonds is 5. The number of thioether (sulfide) groups is 1. The molecule has 2 unspecified atom stereocenters. The van der Waals surface area contributed by atoms with Gasteiger partial charge in [-0.3, -0.25) is 14.5 Å². The third kappa shape index (κ3) is 5.21.